The monoisotopic (exact) mass is 252 g/mol. The van der Waals surface area contributed by atoms with E-state index in [0.717, 1.165) is 0 Å². The number of rotatable bonds is 4. The average molecular weight is 253 g/mol. The molecule has 0 N–H and O–H groups in total. The number of carbonyl (C=O) groups excluding carboxylic acids is 1. The first kappa shape index (κ1) is 12.4. The summed E-state index contributed by atoms with van der Waals surface area (Å²) in [6.07, 6.45) is 5.52. The third kappa shape index (κ3) is 3.01. The van der Waals surface area contributed by atoms with Gasteiger partial charge in [-0.3, -0.25) is 4.79 Å². The zero-order valence-electron chi connectivity index (χ0n) is 10.0. The number of ether oxygens (including phenoxy) is 1. The van der Waals surface area contributed by atoms with Crippen LogP contribution in [0.5, 0.6) is 5.75 Å². The number of methoxy groups -OCH3 is 1. The van der Waals surface area contributed by atoms with Crippen LogP contribution < -0.4 is 4.74 Å². The Labute approximate surface area is 107 Å². The van der Waals surface area contributed by atoms with E-state index in [1.807, 2.05) is 0 Å². The quantitative estimate of drug-likeness (QED) is 0.754. The number of carbonyl (C=O) groups is 1. The Balaban J connectivity index is 2.12. The van der Waals surface area contributed by atoms with Crippen LogP contribution in [0.1, 0.15) is 42.5 Å². The lowest BCUT2D eigenvalue weighted by Gasteiger charge is -2.11. The molecule has 0 aromatic heterocycles. The van der Waals surface area contributed by atoms with Gasteiger partial charge in [0.2, 0.25) is 0 Å². The summed E-state index contributed by atoms with van der Waals surface area (Å²) in [4.78, 5) is 12.2. The molecule has 0 atom stereocenters. The molecule has 1 aliphatic carbocycles. The fraction of sp³-hybridized carbons (Fsp3) is 0.500. The second-order valence-electron chi connectivity index (χ2n) is 4.62. The highest BCUT2D eigenvalue weighted by Gasteiger charge is 2.21. The first-order chi connectivity index (χ1) is 8.20. The molecule has 3 heteroatoms. The molecule has 0 amide bonds. The van der Waals surface area contributed by atoms with E-state index in [4.69, 9.17) is 16.3 Å². The van der Waals surface area contributed by atoms with Crippen molar-refractivity contribution < 1.29 is 9.53 Å². The SMILES string of the molecule is COc1cc(Cl)ccc1C(=O)CC1CCCC1. The molecule has 17 heavy (non-hydrogen) atoms. The maximum Gasteiger partial charge on any atom is 0.166 e. The minimum absolute atomic E-state index is 0.172. The Hall–Kier alpha value is -1.02. The van der Waals surface area contributed by atoms with Gasteiger partial charge in [0.1, 0.15) is 5.75 Å². The first-order valence-electron chi connectivity index (χ1n) is 6.07. The lowest BCUT2D eigenvalue weighted by atomic mass is 9.96. The Bertz CT molecular complexity index is 409. The van der Waals surface area contributed by atoms with Crippen molar-refractivity contribution in [3.05, 3.63) is 28.8 Å². The molecule has 92 valence electrons. The fourth-order valence-electron chi connectivity index (χ4n) is 2.48. The molecule has 1 saturated carbocycles. The van der Waals surface area contributed by atoms with E-state index in [2.05, 4.69) is 0 Å². The van der Waals surface area contributed by atoms with Gasteiger partial charge in [-0.1, -0.05) is 37.3 Å². The highest BCUT2D eigenvalue weighted by molar-refractivity contribution is 6.30. The molecule has 1 fully saturated rings. The van der Waals surface area contributed by atoms with Crippen molar-refractivity contribution in [2.24, 2.45) is 5.92 Å². The number of benzene rings is 1. The predicted octanol–water partition coefficient (Wildman–Crippen LogP) is 4.11. The summed E-state index contributed by atoms with van der Waals surface area (Å²) in [5, 5.41) is 0.597. The van der Waals surface area contributed by atoms with Crippen molar-refractivity contribution >= 4 is 17.4 Å². The van der Waals surface area contributed by atoms with Gasteiger partial charge in [0, 0.05) is 11.4 Å². The van der Waals surface area contributed by atoms with Gasteiger partial charge < -0.3 is 4.74 Å². The molecule has 0 bridgehead atoms. The van der Waals surface area contributed by atoms with E-state index >= 15 is 0 Å². The van der Waals surface area contributed by atoms with Crippen LogP contribution >= 0.6 is 11.6 Å². The summed E-state index contributed by atoms with van der Waals surface area (Å²) >= 11 is 5.88. The molecule has 0 heterocycles. The van der Waals surface area contributed by atoms with Crippen LogP contribution in [-0.2, 0) is 0 Å². The van der Waals surface area contributed by atoms with Crippen LogP contribution in [0.25, 0.3) is 0 Å². The highest BCUT2D eigenvalue weighted by Crippen LogP contribution is 2.31. The van der Waals surface area contributed by atoms with E-state index in [1.165, 1.54) is 25.7 Å². The van der Waals surface area contributed by atoms with Crippen LogP contribution in [0.3, 0.4) is 0 Å². The molecule has 0 spiro atoms. The summed E-state index contributed by atoms with van der Waals surface area (Å²) < 4.78 is 5.21. The molecule has 1 aliphatic rings. The van der Waals surface area contributed by atoms with Gasteiger partial charge in [0.15, 0.2) is 5.78 Å². The zero-order chi connectivity index (χ0) is 12.3. The zero-order valence-corrected chi connectivity index (χ0v) is 10.8. The average Bonchev–Trinajstić information content (AvgIpc) is 2.81. The van der Waals surface area contributed by atoms with E-state index in [9.17, 15) is 4.79 Å². The summed E-state index contributed by atoms with van der Waals surface area (Å²) in [6.45, 7) is 0. The molecule has 0 unspecified atom stereocenters. The van der Waals surface area contributed by atoms with Gasteiger partial charge in [0.05, 0.1) is 12.7 Å². The van der Waals surface area contributed by atoms with Crippen molar-refractivity contribution in [3.63, 3.8) is 0 Å². The standard InChI is InChI=1S/C14H17ClO2/c1-17-14-9-11(15)6-7-12(14)13(16)8-10-4-2-3-5-10/h6-7,9-10H,2-5,8H2,1H3. The maximum absolute atomic E-state index is 12.2. The summed E-state index contributed by atoms with van der Waals surface area (Å²) in [6, 6.07) is 5.20. The third-order valence-corrected chi connectivity index (χ3v) is 3.65. The lowest BCUT2D eigenvalue weighted by Crippen LogP contribution is -2.07. The Morgan fingerprint density at radius 2 is 2.12 bits per heavy atom. The van der Waals surface area contributed by atoms with E-state index in [-0.39, 0.29) is 5.78 Å². The molecular weight excluding hydrogens is 236 g/mol. The van der Waals surface area contributed by atoms with Crippen molar-refractivity contribution in [1.82, 2.24) is 0 Å². The number of hydrogen-bond donors (Lipinski definition) is 0. The molecule has 1 aromatic rings. The van der Waals surface area contributed by atoms with E-state index < -0.39 is 0 Å². The molecular formula is C14H17ClO2. The molecule has 0 saturated heterocycles. The van der Waals surface area contributed by atoms with Crippen molar-refractivity contribution in [1.29, 1.82) is 0 Å². The van der Waals surface area contributed by atoms with Gasteiger partial charge in [-0.2, -0.15) is 0 Å². The molecule has 2 rings (SSSR count). The van der Waals surface area contributed by atoms with Gasteiger partial charge in [-0.25, -0.2) is 0 Å². The number of halogens is 1. The number of Topliss-reactive ketones (excluding diaryl/α,β-unsaturated/α-hetero) is 1. The summed E-state index contributed by atoms with van der Waals surface area (Å²) in [7, 11) is 1.57. The van der Waals surface area contributed by atoms with Crippen LogP contribution in [-0.4, -0.2) is 12.9 Å². The summed E-state index contributed by atoms with van der Waals surface area (Å²) in [5.74, 6) is 1.31. The van der Waals surface area contributed by atoms with Gasteiger partial charge in [0.25, 0.3) is 0 Å². The lowest BCUT2D eigenvalue weighted by molar-refractivity contribution is 0.0959. The minimum atomic E-state index is 0.172. The minimum Gasteiger partial charge on any atom is -0.496 e. The molecule has 0 aliphatic heterocycles. The van der Waals surface area contributed by atoms with E-state index in [0.29, 0.717) is 28.7 Å². The van der Waals surface area contributed by atoms with Gasteiger partial charge in [-0.05, 0) is 24.1 Å². The van der Waals surface area contributed by atoms with Gasteiger partial charge in [-0.15, -0.1) is 0 Å². The number of ketones is 1. The molecule has 1 aromatic carbocycles. The second kappa shape index (κ2) is 5.54. The third-order valence-electron chi connectivity index (χ3n) is 3.41. The molecule has 2 nitrogen and oxygen atoms in total. The van der Waals surface area contributed by atoms with E-state index in [1.54, 1.807) is 25.3 Å². The maximum atomic E-state index is 12.2. The van der Waals surface area contributed by atoms with Crippen molar-refractivity contribution in [2.75, 3.05) is 7.11 Å². The predicted molar refractivity (Wildman–Crippen MR) is 68.9 cm³/mol. The van der Waals surface area contributed by atoms with Crippen LogP contribution in [0.4, 0.5) is 0 Å². The molecule has 0 radical (unpaired) electrons. The van der Waals surface area contributed by atoms with Crippen molar-refractivity contribution in [2.45, 2.75) is 32.1 Å². The first-order valence-corrected chi connectivity index (χ1v) is 6.45. The summed E-state index contributed by atoms with van der Waals surface area (Å²) in [5.41, 5.74) is 0.656. The topological polar surface area (TPSA) is 26.3 Å². The van der Waals surface area contributed by atoms with Crippen LogP contribution in [0.2, 0.25) is 5.02 Å². The largest absolute Gasteiger partial charge is 0.496 e. The number of hydrogen-bond acceptors (Lipinski definition) is 2. The van der Waals surface area contributed by atoms with Crippen LogP contribution in [0, 0.1) is 5.92 Å². The van der Waals surface area contributed by atoms with Crippen molar-refractivity contribution in [3.8, 4) is 5.75 Å². The smallest absolute Gasteiger partial charge is 0.166 e. The van der Waals surface area contributed by atoms with Gasteiger partial charge >= 0.3 is 0 Å². The second-order valence-corrected chi connectivity index (χ2v) is 5.06. The van der Waals surface area contributed by atoms with Crippen LogP contribution in [0.15, 0.2) is 18.2 Å². The Morgan fingerprint density at radius 1 is 1.41 bits per heavy atom. The Morgan fingerprint density at radius 3 is 2.76 bits per heavy atom. The Kier molecular flexibility index (Phi) is 4.06. The normalized spacial score (nSPS) is 16.1. The highest BCUT2D eigenvalue weighted by atomic mass is 35.5. The fourth-order valence-corrected chi connectivity index (χ4v) is 2.64.